The zero-order valence-electron chi connectivity index (χ0n) is 8.32. The Morgan fingerprint density at radius 2 is 2.29 bits per heavy atom. The molecule has 0 N–H and O–H groups in total. The Bertz CT molecular complexity index is 340. The minimum Gasteiger partial charge on any atom is -0.494 e. The van der Waals surface area contributed by atoms with Crippen LogP contribution in [0.3, 0.4) is 0 Å². The van der Waals surface area contributed by atoms with Gasteiger partial charge in [-0.2, -0.15) is 0 Å². The third kappa shape index (κ3) is 1.95. The number of carbonyl (C=O) groups excluding carboxylic acids is 1. The maximum atomic E-state index is 11.7. The molecule has 1 aliphatic carbocycles. The Hall–Kier alpha value is -1.31. The van der Waals surface area contributed by atoms with Gasteiger partial charge in [0.05, 0.1) is 6.61 Å². The molecule has 1 aromatic rings. The van der Waals surface area contributed by atoms with Gasteiger partial charge in [0.15, 0.2) is 5.78 Å². The van der Waals surface area contributed by atoms with Crippen LogP contribution in [-0.4, -0.2) is 12.4 Å². The molecule has 2 nitrogen and oxygen atoms in total. The zero-order valence-corrected chi connectivity index (χ0v) is 8.32. The van der Waals surface area contributed by atoms with Gasteiger partial charge in [-0.05, 0) is 31.9 Å². The van der Waals surface area contributed by atoms with E-state index in [1.165, 1.54) is 0 Å². The molecule has 14 heavy (non-hydrogen) atoms. The molecule has 2 rings (SSSR count). The minimum atomic E-state index is 0.270. The molecule has 0 unspecified atom stereocenters. The second kappa shape index (κ2) is 3.82. The van der Waals surface area contributed by atoms with Crippen molar-refractivity contribution in [2.45, 2.75) is 19.8 Å². The van der Waals surface area contributed by atoms with E-state index < -0.39 is 0 Å². The SMILES string of the molecule is CCOc1cccc(C(=O)C2CC2)c1. The lowest BCUT2D eigenvalue weighted by atomic mass is 10.1. The highest BCUT2D eigenvalue weighted by molar-refractivity contribution is 5.99. The van der Waals surface area contributed by atoms with Crippen molar-refractivity contribution in [2.24, 2.45) is 5.92 Å². The molecule has 0 radical (unpaired) electrons. The summed E-state index contributed by atoms with van der Waals surface area (Å²) in [5.74, 6) is 1.34. The van der Waals surface area contributed by atoms with Crippen LogP contribution in [0.1, 0.15) is 30.1 Å². The minimum absolute atomic E-state index is 0.270. The van der Waals surface area contributed by atoms with Crippen molar-refractivity contribution in [3.8, 4) is 5.75 Å². The summed E-state index contributed by atoms with van der Waals surface area (Å²) in [5, 5.41) is 0. The summed E-state index contributed by atoms with van der Waals surface area (Å²) in [6, 6.07) is 7.46. The van der Waals surface area contributed by atoms with E-state index in [0.717, 1.165) is 24.2 Å². The van der Waals surface area contributed by atoms with Gasteiger partial charge in [0, 0.05) is 11.5 Å². The topological polar surface area (TPSA) is 26.3 Å². The first-order chi connectivity index (χ1) is 6.81. The lowest BCUT2D eigenvalue weighted by Crippen LogP contribution is -2.01. The van der Waals surface area contributed by atoms with E-state index >= 15 is 0 Å². The zero-order chi connectivity index (χ0) is 9.97. The number of hydrogen-bond donors (Lipinski definition) is 0. The first-order valence-electron chi connectivity index (χ1n) is 5.08. The van der Waals surface area contributed by atoms with Crippen LogP contribution >= 0.6 is 0 Å². The van der Waals surface area contributed by atoms with Crippen molar-refractivity contribution < 1.29 is 9.53 Å². The van der Waals surface area contributed by atoms with Gasteiger partial charge in [-0.3, -0.25) is 4.79 Å². The molecule has 0 atom stereocenters. The van der Waals surface area contributed by atoms with Crippen LogP contribution in [0.4, 0.5) is 0 Å². The molecule has 1 saturated carbocycles. The van der Waals surface area contributed by atoms with E-state index in [9.17, 15) is 4.79 Å². The van der Waals surface area contributed by atoms with Crippen molar-refractivity contribution in [1.29, 1.82) is 0 Å². The van der Waals surface area contributed by atoms with Gasteiger partial charge in [0.25, 0.3) is 0 Å². The van der Waals surface area contributed by atoms with Crippen LogP contribution in [0, 0.1) is 5.92 Å². The molecule has 1 aromatic carbocycles. The maximum Gasteiger partial charge on any atom is 0.166 e. The monoisotopic (exact) mass is 190 g/mol. The molecule has 0 heterocycles. The molecule has 1 fully saturated rings. The lowest BCUT2D eigenvalue weighted by Gasteiger charge is -2.04. The van der Waals surface area contributed by atoms with Crippen molar-refractivity contribution in [2.75, 3.05) is 6.61 Å². The lowest BCUT2D eigenvalue weighted by molar-refractivity contribution is 0.0967. The highest BCUT2D eigenvalue weighted by Crippen LogP contribution is 2.33. The summed E-state index contributed by atoms with van der Waals surface area (Å²) in [7, 11) is 0. The molecule has 0 aromatic heterocycles. The van der Waals surface area contributed by atoms with Crippen molar-refractivity contribution in [1.82, 2.24) is 0 Å². The van der Waals surface area contributed by atoms with Gasteiger partial charge < -0.3 is 4.74 Å². The van der Waals surface area contributed by atoms with E-state index in [1.807, 2.05) is 31.2 Å². The Morgan fingerprint density at radius 3 is 2.93 bits per heavy atom. The van der Waals surface area contributed by atoms with Gasteiger partial charge >= 0.3 is 0 Å². The number of ketones is 1. The molecular weight excluding hydrogens is 176 g/mol. The fraction of sp³-hybridized carbons (Fsp3) is 0.417. The largest absolute Gasteiger partial charge is 0.494 e. The predicted octanol–water partition coefficient (Wildman–Crippen LogP) is 2.68. The summed E-state index contributed by atoms with van der Waals surface area (Å²) >= 11 is 0. The van der Waals surface area contributed by atoms with E-state index in [1.54, 1.807) is 0 Å². The number of ether oxygens (including phenoxy) is 1. The van der Waals surface area contributed by atoms with Crippen LogP contribution in [0.25, 0.3) is 0 Å². The molecule has 0 saturated heterocycles. The first kappa shape index (κ1) is 9.25. The fourth-order valence-corrected chi connectivity index (χ4v) is 1.49. The average molecular weight is 190 g/mol. The number of rotatable bonds is 4. The molecule has 0 amide bonds. The number of hydrogen-bond acceptors (Lipinski definition) is 2. The number of Topliss-reactive ketones (excluding diaryl/α,β-unsaturated/α-hetero) is 1. The van der Waals surface area contributed by atoms with Gasteiger partial charge in [0.2, 0.25) is 0 Å². The number of carbonyl (C=O) groups is 1. The van der Waals surface area contributed by atoms with Gasteiger partial charge in [-0.15, -0.1) is 0 Å². The maximum absolute atomic E-state index is 11.7. The van der Waals surface area contributed by atoms with Crippen molar-refractivity contribution >= 4 is 5.78 Å². The van der Waals surface area contributed by atoms with Gasteiger partial charge in [-0.25, -0.2) is 0 Å². The van der Waals surface area contributed by atoms with Crippen LogP contribution in [0.15, 0.2) is 24.3 Å². The Morgan fingerprint density at radius 1 is 1.50 bits per heavy atom. The Labute approximate surface area is 83.9 Å². The Balaban J connectivity index is 2.16. The van der Waals surface area contributed by atoms with Crippen molar-refractivity contribution in [3.05, 3.63) is 29.8 Å². The van der Waals surface area contributed by atoms with E-state index in [4.69, 9.17) is 4.74 Å². The average Bonchev–Trinajstić information content (AvgIpc) is 3.01. The van der Waals surface area contributed by atoms with Crippen LogP contribution in [0.5, 0.6) is 5.75 Å². The number of benzene rings is 1. The van der Waals surface area contributed by atoms with Crippen LogP contribution in [0.2, 0.25) is 0 Å². The summed E-state index contributed by atoms with van der Waals surface area (Å²) in [6.45, 7) is 2.58. The molecule has 2 heteroatoms. The highest BCUT2D eigenvalue weighted by atomic mass is 16.5. The Kier molecular flexibility index (Phi) is 2.53. The standard InChI is InChI=1S/C12H14O2/c1-2-14-11-5-3-4-10(8-11)12(13)9-6-7-9/h3-5,8-9H,2,6-7H2,1H3. The normalized spacial score (nSPS) is 15.2. The summed E-state index contributed by atoms with van der Waals surface area (Å²) in [5.41, 5.74) is 0.790. The van der Waals surface area contributed by atoms with E-state index in [0.29, 0.717) is 6.61 Å². The molecule has 74 valence electrons. The third-order valence-electron chi connectivity index (χ3n) is 2.38. The van der Waals surface area contributed by atoms with Crippen LogP contribution in [-0.2, 0) is 0 Å². The molecule has 0 bridgehead atoms. The third-order valence-corrected chi connectivity index (χ3v) is 2.38. The second-order valence-corrected chi connectivity index (χ2v) is 3.60. The smallest absolute Gasteiger partial charge is 0.166 e. The van der Waals surface area contributed by atoms with E-state index in [2.05, 4.69) is 0 Å². The molecule has 1 aliphatic rings. The van der Waals surface area contributed by atoms with Crippen molar-refractivity contribution in [3.63, 3.8) is 0 Å². The molecule has 0 aliphatic heterocycles. The highest BCUT2D eigenvalue weighted by Gasteiger charge is 2.30. The van der Waals surface area contributed by atoms with Crippen LogP contribution < -0.4 is 4.74 Å². The summed E-state index contributed by atoms with van der Waals surface area (Å²) < 4.78 is 5.34. The van der Waals surface area contributed by atoms with Gasteiger partial charge in [0.1, 0.15) is 5.75 Å². The fourth-order valence-electron chi connectivity index (χ4n) is 1.49. The first-order valence-corrected chi connectivity index (χ1v) is 5.08. The van der Waals surface area contributed by atoms with E-state index in [-0.39, 0.29) is 11.7 Å². The predicted molar refractivity (Wildman–Crippen MR) is 54.7 cm³/mol. The molecular formula is C12H14O2. The second-order valence-electron chi connectivity index (χ2n) is 3.60. The quantitative estimate of drug-likeness (QED) is 0.682. The summed E-state index contributed by atoms with van der Waals surface area (Å²) in [6.07, 6.45) is 2.11. The molecule has 0 spiro atoms. The summed E-state index contributed by atoms with van der Waals surface area (Å²) in [4.78, 5) is 11.7. The van der Waals surface area contributed by atoms with Gasteiger partial charge in [-0.1, -0.05) is 12.1 Å².